The Kier molecular flexibility index (Phi) is 4.24. The molecule has 0 bridgehead atoms. The summed E-state index contributed by atoms with van der Waals surface area (Å²) in [4.78, 5) is 11.1. The molecule has 0 aliphatic heterocycles. The molecule has 0 heterocycles. The van der Waals surface area contributed by atoms with Crippen molar-refractivity contribution in [3.63, 3.8) is 0 Å². The van der Waals surface area contributed by atoms with E-state index in [2.05, 4.69) is 4.74 Å². The Labute approximate surface area is 97.2 Å². The first-order valence-corrected chi connectivity index (χ1v) is 5.04. The summed E-state index contributed by atoms with van der Waals surface area (Å²) in [6.07, 6.45) is 0. The predicted octanol–water partition coefficient (Wildman–Crippen LogP) is 3.47. The number of halogens is 3. The molecule has 0 radical (unpaired) electrons. The highest BCUT2D eigenvalue weighted by Gasteiger charge is 2.15. The van der Waals surface area contributed by atoms with Gasteiger partial charge in [0.1, 0.15) is 11.1 Å². The fourth-order valence-electron chi connectivity index (χ4n) is 1.33. The van der Waals surface area contributed by atoms with Crippen LogP contribution in [0.5, 0.6) is 5.75 Å². The lowest BCUT2D eigenvalue weighted by atomic mass is 10.1. The lowest BCUT2D eigenvalue weighted by Crippen LogP contribution is -2.05. The third kappa shape index (κ3) is 3.45. The van der Waals surface area contributed by atoms with Gasteiger partial charge in [-0.15, -0.1) is 11.6 Å². The molecule has 1 atom stereocenters. The molecule has 0 saturated carbocycles. The molecule has 2 nitrogen and oxygen atoms in total. The number of carbonyl (C=O) groups excluding carboxylic acids is 1. The number of benzene rings is 1. The van der Waals surface area contributed by atoms with Gasteiger partial charge >= 0.3 is 6.61 Å². The van der Waals surface area contributed by atoms with Crippen molar-refractivity contribution >= 4 is 17.4 Å². The Morgan fingerprint density at radius 3 is 2.50 bits per heavy atom. The van der Waals surface area contributed by atoms with Gasteiger partial charge in [0.05, 0.1) is 0 Å². The minimum atomic E-state index is -2.89. The minimum Gasteiger partial charge on any atom is -0.435 e. The van der Waals surface area contributed by atoms with E-state index < -0.39 is 12.0 Å². The van der Waals surface area contributed by atoms with Crippen molar-refractivity contribution in [1.29, 1.82) is 0 Å². The summed E-state index contributed by atoms with van der Waals surface area (Å²) in [5, 5.41) is -0.833. The Balaban J connectivity index is 3.02. The van der Waals surface area contributed by atoms with Crippen LogP contribution in [-0.2, 0) is 4.79 Å². The summed E-state index contributed by atoms with van der Waals surface area (Å²) >= 11 is 5.83. The highest BCUT2D eigenvalue weighted by Crippen LogP contribution is 2.27. The van der Waals surface area contributed by atoms with Crippen LogP contribution in [0.2, 0.25) is 0 Å². The number of aryl methyl sites for hydroxylation is 1. The Morgan fingerprint density at radius 1 is 1.38 bits per heavy atom. The molecule has 1 unspecified atom stereocenters. The molecule has 0 amide bonds. The summed E-state index contributed by atoms with van der Waals surface area (Å²) in [7, 11) is 0. The van der Waals surface area contributed by atoms with Crippen LogP contribution in [-0.4, -0.2) is 12.4 Å². The van der Waals surface area contributed by atoms with Gasteiger partial charge in [-0.1, -0.05) is 6.07 Å². The van der Waals surface area contributed by atoms with E-state index in [1.807, 2.05) is 0 Å². The first-order valence-electron chi connectivity index (χ1n) is 4.61. The van der Waals surface area contributed by atoms with Gasteiger partial charge in [0, 0.05) is 0 Å². The SMILES string of the molecule is CC(=O)C(Cl)c1cc(C)cc(OC(F)F)c1. The standard InChI is InChI=1S/C11H11ClF2O2/c1-6-3-8(10(12)7(2)15)5-9(4-6)16-11(13)14/h3-5,10-11H,1-2H3. The second-order valence-electron chi connectivity index (χ2n) is 3.43. The highest BCUT2D eigenvalue weighted by molar-refractivity contribution is 6.30. The molecule has 0 aliphatic carbocycles. The van der Waals surface area contributed by atoms with Crippen LogP contribution in [0.4, 0.5) is 8.78 Å². The quantitative estimate of drug-likeness (QED) is 0.763. The van der Waals surface area contributed by atoms with Crippen molar-refractivity contribution in [2.75, 3.05) is 0 Å². The Hall–Kier alpha value is -1.16. The molecule has 0 fully saturated rings. The second kappa shape index (κ2) is 5.25. The maximum atomic E-state index is 12.0. The van der Waals surface area contributed by atoms with Crippen LogP contribution in [0, 0.1) is 6.92 Å². The van der Waals surface area contributed by atoms with Gasteiger partial charge in [0.15, 0.2) is 5.78 Å². The van der Waals surface area contributed by atoms with E-state index in [4.69, 9.17) is 11.6 Å². The van der Waals surface area contributed by atoms with Crippen LogP contribution in [0.1, 0.15) is 23.4 Å². The van der Waals surface area contributed by atoms with Gasteiger partial charge in [-0.2, -0.15) is 8.78 Å². The normalized spacial score (nSPS) is 12.6. The van der Waals surface area contributed by atoms with Gasteiger partial charge in [-0.3, -0.25) is 4.79 Å². The Bertz CT molecular complexity index is 394. The molecule has 0 saturated heterocycles. The molecular weight excluding hydrogens is 238 g/mol. The molecule has 0 spiro atoms. The smallest absolute Gasteiger partial charge is 0.387 e. The summed E-state index contributed by atoms with van der Waals surface area (Å²) in [6.45, 7) is 0.167. The predicted molar refractivity (Wildman–Crippen MR) is 57.1 cm³/mol. The minimum absolute atomic E-state index is 0.0110. The van der Waals surface area contributed by atoms with Crippen LogP contribution in [0.15, 0.2) is 18.2 Å². The van der Waals surface area contributed by atoms with E-state index in [0.29, 0.717) is 11.1 Å². The van der Waals surface area contributed by atoms with Gasteiger partial charge in [0.2, 0.25) is 0 Å². The number of ether oxygens (including phenoxy) is 1. The van der Waals surface area contributed by atoms with Crippen molar-refractivity contribution in [3.8, 4) is 5.75 Å². The fraction of sp³-hybridized carbons (Fsp3) is 0.364. The van der Waals surface area contributed by atoms with Crippen molar-refractivity contribution in [3.05, 3.63) is 29.3 Å². The monoisotopic (exact) mass is 248 g/mol. The molecule has 16 heavy (non-hydrogen) atoms. The van der Waals surface area contributed by atoms with Crippen LogP contribution in [0.25, 0.3) is 0 Å². The van der Waals surface area contributed by atoms with Crippen molar-refractivity contribution in [1.82, 2.24) is 0 Å². The average Bonchev–Trinajstić information content (AvgIpc) is 2.14. The maximum Gasteiger partial charge on any atom is 0.387 e. The van der Waals surface area contributed by atoms with Crippen LogP contribution >= 0.6 is 11.6 Å². The summed E-state index contributed by atoms with van der Waals surface area (Å²) < 4.78 is 28.3. The number of rotatable bonds is 4. The van der Waals surface area contributed by atoms with E-state index in [-0.39, 0.29) is 11.5 Å². The summed E-state index contributed by atoms with van der Waals surface area (Å²) in [6, 6.07) is 4.47. The van der Waals surface area contributed by atoms with Gasteiger partial charge in [0.25, 0.3) is 0 Å². The largest absolute Gasteiger partial charge is 0.435 e. The number of hydrogen-bond acceptors (Lipinski definition) is 2. The molecule has 88 valence electrons. The number of hydrogen-bond donors (Lipinski definition) is 0. The van der Waals surface area contributed by atoms with Crippen molar-refractivity contribution < 1.29 is 18.3 Å². The molecule has 0 aliphatic rings. The van der Waals surface area contributed by atoms with Crippen molar-refractivity contribution in [2.24, 2.45) is 0 Å². The van der Waals surface area contributed by atoms with E-state index in [9.17, 15) is 13.6 Å². The Morgan fingerprint density at radius 2 is 2.00 bits per heavy atom. The van der Waals surface area contributed by atoms with E-state index >= 15 is 0 Å². The summed E-state index contributed by atoms with van der Waals surface area (Å²) in [5.74, 6) is -0.229. The van der Waals surface area contributed by atoms with Gasteiger partial charge in [-0.25, -0.2) is 0 Å². The fourth-order valence-corrected chi connectivity index (χ4v) is 1.45. The zero-order valence-electron chi connectivity index (χ0n) is 8.84. The molecule has 5 heteroatoms. The lowest BCUT2D eigenvalue weighted by molar-refractivity contribution is -0.116. The molecular formula is C11H11ClF2O2. The third-order valence-corrected chi connectivity index (χ3v) is 2.51. The molecule has 1 aromatic rings. The van der Waals surface area contributed by atoms with E-state index in [1.165, 1.54) is 19.1 Å². The zero-order valence-corrected chi connectivity index (χ0v) is 9.59. The van der Waals surface area contributed by atoms with Crippen molar-refractivity contribution in [2.45, 2.75) is 25.8 Å². The average molecular weight is 249 g/mol. The van der Waals surface area contributed by atoms with E-state index in [0.717, 1.165) is 0 Å². The molecule has 0 aromatic heterocycles. The van der Waals surface area contributed by atoms with Gasteiger partial charge < -0.3 is 4.74 Å². The number of alkyl halides is 3. The molecule has 0 N–H and O–H groups in total. The number of Topliss-reactive ketones (excluding diaryl/α,β-unsaturated/α-hetero) is 1. The van der Waals surface area contributed by atoms with Gasteiger partial charge in [-0.05, 0) is 37.1 Å². The van der Waals surface area contributed by atoms with E-state index in [1.54, 1.807) is 13.0 Å². The first-order chi connectivity index (χ1) is 7.40. The topological polar surface area (TPSA) is 26.3 Å². The lowest BCUT2D eigenvalue weighted by Gasteiger charge is -2.11. The highest BCUT2D eigenvalue weighted by atomic mass is 35.5. The number of carbonyl (C=O) groups is 1. The number of ketones is 1. The first kappa shape index (κ1) is 12.9. The van der Waals surface area contributed by atoms with Crippen LogP contribution < -0.4 is 4.74 Å². The molecule has 1 rings (SSSR count). The zero-order chi connectivity index (χ0) is 12.3. The third-order valence-electron chi connectivity index (χ3n) is 1.95. The summed E-state index contributed by atoms with van der Waals surface area (Å²) in [5.41, 5.74) is 1.17. The maximum absolute atomic E-state index is 12.0. The second-order valence-corrected chi connectivity index (χ2v) is 3.87. The molecule has 1 aromatic carbocycles. The van der Waals surface area contributed by atoms with Crippen LogP contribution in [0.3, 0.4) is 0 Å².